The van der Waals surface area contributed by atoms with Crippen molar-refractivity contribution in [1.82, 2.24) is 15.5 Å². The van der Waals surface area contributed by atoms with Crippen LogP contribution in [0.1, 0.15) is 52.4 Å². The largest absolute Gasteiger partial charge is 0.382 e. The van der Waals surface area contributed by atoms with E-state index in [-0.39, 0.29) is 24.0 Å². The second-order valence-corrected chi connectivity index (χ2v) is 7.58. The first-order valence-corrected chi connectivity index (χ1v) is 10.7. The van der Waals surface area contributed by atoms with Gasteiger partial charge in [-0.2, -0.15) is 0 Å². The van der Waals surface area contributed by atoms with Crippen LogP contribution in [0.2, 0.25) is 0 Å². The summed E-state index contributed by atoms with van der Waals surface area (Å²) in [5.41, 5.74) is 0.353. The smallest absolute Gasteiger partial charge is 0.191 e. The average Bonchev–Trinajstić information content (AvgIpc) is 3.13. The number of hydrogen-bond acceptors (Lipinski definition) is 4. The highest BCUT2D eigenvalue weighted by Crippen LogP contribution is 2.41. The molecule has 2 aliphatic rings. The molecular weight excluding hydrogens is 455 g/mol. The first-order valence-electron chi connectivity index (χ1n) is 10.7. The number of nitrogens with one attached hydrogen (secondary N) is 2. The topological polar surface area (TPSA) is 58.1 Å². The van der Waals surface area contributed by atoms with E-state index in [9.17, 15) is 0 Å². The van der Waals surface area contributed by atoms with Gasteiger partial charge in [-0.1, -0.05) is 12.8 Å². The first-order chi connectivity index (χ1) is 12.8. The van der Waals surface area contributed by atoms with Crippen molar-refractivity contribution in [3.63, 3.8) is 0 Å². The number of ether oxygens (including phenoxy) is 2. The molecule has 1 heterocycles. The lowest BCUT2D eigenvalue weighted by atomic mass is 9.83. The van der Waals surface area contributed by atoms with Crippen molar-refractivity contribution < 1.29 is 9.47 Å². The lowest BCUT2D eigenvalue weighted by molar-refractivity contribution is 0.0376. The Morgan fingerprint density at radius 3 is 2.56 bits per heavy atom. The fourth-order valence-corrected chi connectivity index (χ4v) is 3.97. The molecule has 0 aromatic carbocycles. The molecule has 1 aliphatic heterocycles. The molecule has 6 nitrogen and oxygen atoms in total. The summed E-state index contributed by atoms with van der Waals surface area (Å²) in [5.74, 6) is 0.970. The Balaban J connectivity index is 0.00000364. The van der Waals surface area contributed by atoms with E-state index in [4.69, 9.17) is 14.5 Å². The van der Waals surface area contributed by atoms with Crippen molar-refractivity contribution in [3.8, 4) is 0 Å². The molecular formula is C20H41IN4O2. The second kappa shape index (κ2) is 14.8. The molecule has 2 rings (SSSR count). The molecule has 2 fully saturated rings. The summed E-state index contributed by atoms with van der Waals surface area (Å²) in [4.78, 5) is 7.42. The van der Waals surface area contributed by atoms with E-state index in [2.05, 4.69) is 29.4 Å². The van der Waals surface area contributed by atoms with Crippen LogP contribution in [0.25, 0.3) is 0 Å². The summed E-state index contributed by atoms with van der Waals surface area (Å²) in [6.07, 6.45) is 7.54. The molecule has 160 valence electrons. The standard InChI is InChI=1S/C20H40N4O2.HI/c1-3-21-19(22-11-7-12-24-13-16-26-17-14-24)23-18-20(8-5-6-9-20)10-15-25-4-2;/h3-18H2,1-2H3,(H2,21,22,23);1H. The van der Waals surface area contributed by atoms with Gasteiger partial charge in [-0.15, -0.1) is 24.0 Å². The monoisotopic (exact) mass is 496 g/mol. The third-order valence-electron chi connectivity index (χ3n) is 5.61. The quantitative estimate of drug-likeness (QED) is 0.200. The van der Waals surface area contributed by atoms with Gasteiger partial charge < -0.3 is 20.1 Å². The van der Waals surface area contributed by atoms with Crippen LogP contribution in [0.4, 0.5) is 0 Å². The highest BCUT2D eigenvalue weighted by molar-refractivity contribution is 14.0. The zero-order chi connectivity index (χ0) is 18.5. The van der Waals surface area contributed by atoms with Gasteiger partial charge in [-0.05, 0) is 51.5 Å². The van der Waals surface area contributed by atoms with E-state index in [1.807, 2.05) is 0 Å². The molecule has 0 atom stereocenters. The third-order valence-corrected chi connectivity index (χ3v) is 5.61. The van der Waals surface area contributed by atoms with Crippen LogP contribution >= 0.6 is 24.0 Å². The van der Waals surface area contributed by atoms with Gasteiger partial charge in [0.25, 0.3) is 0 Å². The molecule has 0 unspecified atom stereocenters. The van der Waals surface area contributed by atoms with Crippen molar-refractivity contribution in [1.29, 1.82) is 0 Å². The Kier molecular flexibility index (Phi) is 13.7. The minimum Gasteiger partial charge on any atom is -0.382 e. The summed E-state index contributed by atoms with van der Waals surface area (Å²) in [6, 6.07) is 0. The zero-order valence-electron chi connectivity index (χ0n) is 17.4. The van der Waals surface area contributed by atoms with Crippen LogP contribution in [-0.2, 0) is 9.47 Å². The molecule has 7 heteroatoms. The normalized spacial score (nSPS) is 20.3. The lowest BCUT2D eigenvalue weighted by Crippen LogP contribution is -2.41. The van der Waals surface area contributed by atoms with Gasteiger partial charge in [0, 0.05) is 45.9 Å². The van der Waals surface area contributed by atoms with E-state index >= 15 is 0 Å². The van der Waals surface area contributed by atoms with Gasteiger partial charge in [0.05, 0.1) is 13.2 Å². The van der Waals surface area contributed by atoms with Gasteiger partial charge in [0.1, 0.15) is 0 Å². The molecule has 27 heavy (non-hydrogen) atoms. The van der Waals surface area contributed by atoms with Crippen molar-refractivity contribution in [2.45, 2.75) is 52.4 Å². The molecule has 0 aromatic heterocycles. The highest BCUT2D eigenvalue weighted by atomic mass is 127. The summed E-state index contributed by atoms with van der Waals surface area (Å²) < 4.78 is 11.0. The molecule has 0 bridgehead atoms. The summed E-state index contributed by atoms with van der Waals surface area (Å²) in [7, 11) is 0. The molecule has 0 aromatic rings. The summed E-state index contributed by atoms with van der Waals surface area (Å²) in [6.45, 7) is 13.7. The van der Waals surface area contributed by atoms with Crippen molar-refractivity contribution in [2.75, 3.05) is 65.7 Å². The molecule has 1 saturated heterocycles. The molecule has 1 aliphatic carbocycles. The van der Waals surface area contributed by atoms with E-state index in [1.54, 1.807) is 0 Å². The lowest BCUT2D eigenvalue weighted by Gasteiger charge is -2.28. The van der Waals surface area contributed by atoms with Gasteiger partial charge in [0.2, 0.25) is 0 Å². The van der Waals surface area contributed by atoms with E-state index < -0.39 is 0 Å². The summed E-state index contributed by atoms with van der Waals surface area (Å²) in [5, 5.41) is 6.92. The number of guanidine groups is 1. The number of morpholine rings is 1. The minimum absolute atomic E-state index is 0. The van der Waals surface area contributed by atoms with E-state index in [0.29, 0.717) is 5.41 Å². The van der Waals surface area contributed by atoms with Gasteiger partial charge >= 0.3 is 0 Å². The molecule has 1 saturated carbocycles. The van der Waals surface area contributed by atoms with E-state index in [0.717, 1.165) is 84.5 Å². The van der Waals surface area contributed by atoms with Crippen LogP contribution in [-0.4, -0.2) is 76.6 Å². The predicted molar refractivity (Wildman–Crippen MR) is 123 cm³/mol. The Morgan fingerprint density at radius 2 is 1.89 bits per heavy atom. The zero-order valence-corrected chi connectivity index (χ0v) is 19.8. The van der Waals surface area contributed by atoms with E-state index in [1.165, 1.54) is 25.7 Å². The van der Waals surface area contributed by atoms with Crippen molar-refractivity contribution >= 4 is 29.9 Å². The molecule has 0 radical (unpaired) electrons. The van der Waals surface area contributed by atoms with Crippen LogP contribution in [0.3, 0.4) is 0 Å². The maximum absolute atomic E-state index is 5.62. The van der Waals surface area contributed by atoms with Crippen LogP contribution in [0, 0.1) is 5.41 Å². The summed E-state index contributed by atoms with van der Waals surface area (Å²) >= 11 is 0. The van der Waals surface area contributed by atoms with Gasteiger partial charge in [0.15, 0.2) is 5.96 Å². The van der Waals surface area contributed by atoms with Crippen LogP contribution in [0.5, 0.6) is 0 Å². The molecule has 2 N–H and O–H groups in total. The number of rotatable bonds is 11. The van der Waals surface area contributed by atoms with Crippen molar-refractivity contribution in [3.05, 3.63) is 0 Å². The fraction of sp³-hybridized carbons (Fsp3) is 0.950. The minimum atomic E-state index is 0. The predicted octanol–water partition coefficient (Wildman–Crippen LogP) is 2.87. The van der Waals surface area contributed by atoms with Gasteiger partial charge in [-0.25, -0.2) is 0 Å². The maximum Gasteiger partial charge on any atom is 0.191 e. The Hall–Kier alpha value is -0.120. The third kappa shape index (κ3) is 9.76. The Labute approximate surface area is 183 Å². The maximum atomic E-state index is 5.62. The number of aliphatic imine (C=N–C) groups is 1. The van der Waals surface area contributed by atoms with Crippen molar-refractivity contribution in [2.24, 2.45) is 10.4 Å². The van der Waals surface area contributed by atoms with Crippen LogP contribution in [0.15, 0.2) is 4.99 Å². The SMILES string of the molecule is CCNC(=NCC1(CCOCC)CCCC1)NCCCN1CCOCC1.I. The molecule has 0 spiro atoms. The number of nitrogens with zero attached hydrogens (tertiary/aromatic N) is 2. The number of hydrogen-bond donors (Lipinski definition) is 2. The Morgan fingerprint density at radius 1 is 1.15 bits per heavy atom. The fourth-order valence-electron chi connectivity index (χ4n) is 3.97. The molecule has 0 amide bonds. The van der Waals surface area contributed by atoms with Crippen LogP contribution < -0.4 is 10.6 Å². The average molecular weight is 496 g/mol. The Bertz CT molecular complexity index is 397. The van der Waals surface area contributed by atoms with Gasteiger partial charge in [-0.3, -0.25) is 9.89 Å². The highest BCUT2D eigenvalue weighted by Gasteiger charge is 2.33. The number of halogens is 1. The first kappa shape index (κ1) is 24.9. The second-order valence-electron chi connectivity index (χ2n) is 7.58.